The van der Waals surface area contributed by atoms with Gasteiger partial charge in [0.15, 0.2) is 0 Å². The minimum Gasteiger partial charge on any atom is -0.497 e. The van der Waals surface area contributed by atoms with Crippen LogP contribution in [0.2, 0.25) is 0 Å². The van der Waals surface area contributed by atoms with Crippen LogP contribution in [-0.4, -0.2) is 36.6 Å². The van der Waals surface area contributed by atoms with Crippen LogP contribution in [0.15, 0.2) is 54.6 Å². The average Bonchev–Trinajstić information content (AvgIpc) is 3.20. The Kier molecular flexibility index (Phi) is 5.43. The van der Waals surface area contributed by atoms with Gasteiger partial charge in [0.05, 0.1) is 14.2 Å². The van der Waals surface area contributed by atoms with Gasteiger partial charge in [-0.1, -0.05) is 18.2 Å². The van der Waals surface area contributed by atoms with Crippen molar-refractivity contribution in [1.82, 2.24) is 9.88 Å². The van der Waals surface area contributed by atoms with Crippen LogP contribution in [0.1, 0.15) is 33.2 Å². The van der Waals surface area contributed by atoms with E-state index in [2.05, 4.69) is 4.98 Å². The Labute approximate surface area is 193 Å². The molecule has 8 heteroatoms. The molecule has 3 aromatic carbocycles. The molecule has 0 spiro atoms. The summed E-state index contributed by atoms with van der Waals surface area (Å²) in [6.45, 7) is 0.189. The fraction of sp³-hybridized carbons (Fsp3) is 0.192. The summed E-state index contributed by atoms with van der Waals surface area (Å²) >= 11 is 0. The molecule has 0 radical (unpaired) electrons. The minimum absolute atomic E-state index is 0.189. The topological polar surface area (TPSA) is 54.6 Å². The van der Waals surface area contributed by atoms with E-state index < -0.39 is 35.0 Å². The molecule has 0 bridgehead atoms. The quantitative estimate of drug-likeness (QED) is 0.439. The molecule has 1 aromatic heterocycles. The molecular formula is C26H21F3N2O3. The molecule has 174 valence electrons. The molecule has 1 amide bonds. The van der Waals surface area contributed by atoms with Crippen molar-refractivity contribution in [1.29, 1.82) is 0 Å². The molecule has 0 saturated carbocycles. The smallest absolute Gasteiger partial charge is 0.260 e. The van der Waals surface area contributed by atoms with Crippen LogP contribution in [-0.2, 0) is 6.42 Å². The number of nitrogens with one attached hydrogen (secondary N) is 1. The first-order valence-corrected chi connectivity index (χ1v) is 10.7. The lowest BCUT2D eigenvalue weighted by atomic mass is 9.91. The van der Waals surface area contributed by atoms with E-state index in [1.54, 1.807) is 25.3 Å². The number of amides is 1. The summed E-state index contributed by atoms with van der Waals surface area (Å²) in [6, 6.07) is 13.1. The van der Waals surface area contributed by atoms with Crippen molar-refractivity contribution in [2.75, 3.05) is 20.8 Å². The second-order valence-electron chi connectivity index (χ2n) is 8.07. The molecule has 2 heterocycles. The van der Waals surface area contributed by atoms with Crippen LogP contribution in [0.3, 0.4) is 0 Å². The molecular weight excluding hydrogens is 445 g/mol. The molecule has 0 fully saturated rings. The summed E-state index contributed by atoms with van der Waals surface area (Å²) < 4.78 is 53.5. The van der Waals surface area contributed by atoms with Crippen molar-refractivity contribution in [3.05, 3.63) is 94.4 Å². The highest BCUT2D eigenvalue weighted by molar-refractivity contribution is 5.96. The number of rotatable bonds is 4. The zero-order valence-corrected chi connectivity index (χ0v) is 18.5. The van der Waals surface area contributed by atoms with E-state index in [0.717, 1.165) is 22.2 Å². The Hall–Kier alpha value is -3.94. The summed E-state index contributed by atoms with van der Waals surface area (Å²) in [6.07, 6.45) is 0.449. The van der Waals surface area contributed by atoms with E-state index in [1.165, 1.54) is 12.0 Å². The van der Waals surface area contributed by atoms with Gasteiger partial charge in [-0.05, 0) is 36.2 Å². The number of para-hydroxylation sites is 1. The molecule has 1 atom stereocenters. The van der Waals surface area contributed by atoms with Gasteiger partial charge in [0.1, 0.15) is 40.6 Å². The molecule has 5 rings (SSSR count). The highest BCUT2D eigenvalue weighted by Gasteiger charge is 2.38. The molecule has 5 nitrogen and oxygen atoms in total. The Morgan fingerprint density at radius 2 is 1.74 bits per heavy atom. The first-order valence-electron chi connectivity index (χ1n) is 10.7. The Morgan fingerprint density at radius 1 is 1.00 bits per heavy atom. The molecule has 0 saturated heterocycles. The lowest BCUT2D eigenvalue weighted by molar-refractivity contribution is 0.0680. The van der Waals surface area contributed by atoms with E-state index >= 15 is 0 Å². The Balaban J connectivity index is 1.71. The summed E-state index contributed by atoms with van der Waals surface area (Å²) in [5.41, 5.74) is 2.41. The van der Waals surface area contributed by atoms with Gasteiger partial charge >= 0.3 is 0 Å². The van der Waals surface area contributed by atoms with Gasteiger partial charge in [0.2, 0.25) is 0 Å². The van der Waals surface area contributed by atoms with E-state index in [-0.39, 0.29) is 6.54 Å². The maximum absolute atomic E-state index is 14.6. The van der Waals surface area contributed by atoms with E-state index in [4.69, 9.17) is 9.47 Å². The summed E-state index contributed by atoms with van der Waals surface area (Å²) in [7, 11) is 3.11. The fourth-order valence-electron chi connectivity index (χ4n) is 4.72. The number of benzene rings is 3. The van der Waals surface area contributed by atoms with Crippen molar-refractivity contribution in [2.45, 2.75) is 12.5 Å². The Bertz CT molecular complexity index is 1390. The number of carbonyl (C=O) groups excluding carboxylic acids is 1. The normalized spacial score (nSPS) is 15.3. The number of ether oxygens (including phenoxy) is 2. The zero-order valence-electron chi connectivity index (χ0n) is 18.5. The maximum atomic E-state index is 14.6. The summed E-state index contributed by atoms with van der Waals surface area (Å²) in [5.74, 6) is -3.22. The largest absolute Gasteiger partial charge is 0.497 e. The Morgan fingerprint density at radius 3 is 2.44 bits per heavy atom. The van der Waals surface area contributed by atoms with Crippen molar-refractivity contribution >= 4 is 16.8 Å². The van der Waals surface area contributed by atoms with Gasteiger partial charge in [-0.15, -0.1) is 0 Å². The number of aromatic amines is 1. The number of aromatic nitrogens is 1. The van der Waals surface area contributed by atoms with Gasteiger partial charge in [0, 0.05) is 40.8 Å². The average molecular weight is 466 g/mol. The predicted octanol–water partition coefficient (Wildman–Crippen LogP) is 5.39. The number of methoxy groups -OCH3 is 2. The van der Waals surface area contributed by atoms with Crippen LogP contribution in [0, 0.1) is 17.5 Å². The molecule has 0 unspecified atom stereocenters. The van der Waals surface area contributed by atoms with Crippen LogP contribution < -0.4 is 9.47 Å². The number of hydrogen-bond donors (Lipinski definition) is 1. The number of carbonyl (C=O) groups is 1. The maximum Gasteiger partial charge on any atom is 0.260 e. The van der Waals surface area contributed by atoms with E-state index in [9.17, 15) is 18.0 Å². The summed E-state index contributed by atoms with van der Waals surface area (Å²) in [5, 5.41) is 0.945. The third kappa shape index (κ3) is 3.46. The number of hydrogen-bond acceptors (Lipinski definition) is 3. The third-order valence-corrected chi connectivity index (χ3v) is 6.25. The molecule has 4 aromatic rings. The van der Waals surface area contributed by atoms with Crippen LogP contribution in [0.4, 0.5) is 13.2 Å². The summed E-state index contributed by atoms with van der Waals surface area (Å²) in [4.78, 5) is 18.3. The molecule has 1 aliphatic heterocycles. The van der Waals surface area contributed by atoms with Gasteiger partial charge in [-0.25, -0.2) is 13.2 Å². The first-order chi connectivity index (χ1) is 16.4. The second kappa shape index (κ2) is 8.44. The standard InChI is InChI=1S/C26H21F3N2O3/c1-33-15-7-8-21-18(13-15)16-9-10-31(26(32)23-19(28)11-14(27)12-20(23)29)25(24(16)30-21)17-5-3-4-6-22(17)34-2/h3-8,11-13,25,30H,9-10H2,1-2H3/t25-/m0/s1. The highest BCUT2D eigenvalue weighted by Crippen LogP contribution is 2.42. The highest BCUT2D eigenvalue weighted by atomic mass is 19.1. The lowest BCUT2D eigenvalue weighted by Crippen LogP contribution is -2.41. The number of H-pyrrole nitrogens is 1. The van der Waals surface area contributed by atoms with Crippen molar-refractivity contribution in [3.8, 4) is 11.5 Å². The van der Waals surface area contributed by atoms with Gasteiger partial charge in [-0.2, -0.15) is 0 Å². The molecule has 34 heavy (non-hydrogen) atoms. The fourth-order valence-corrected chi connectivity index (χ4v) is 4.72. The van der Waals surface area contributed by atoms with E-state index in [1.807, 2.05) is 24.3 Å². The molecule has 1 N–H and O–H groups in total. The van der Waals surface area contributed by atoms with Crippen molar-refractivity contribution < 1.29 is 27.4 Å². The monoisotopic (exact) mass is 466 g/mol. The third-order valence-electron chi connectivity index (χ3n) is 6.25. The zero-order chi connectivity index (χ0) is 24.0. The molecule has 1 aliphatic rings. The second-order valence-corrected chi connectivity index (χ2v) is 8.07. The van der Waals surface area contributed by atoms with Crippen LogP contribution in [0.25, 0.3) is 10.9 Å². The van der Waals surface area contributed by atoms with Crippen LogP contribution in [0.5, 0.6) is 11.5 Å². The first kappa shape index (κ1) is 21.9. The lowest BCUT2D eigenvalue weighted by Gasteiger charge is -2.37. The number of nitrogens with zero attached hydrogens (tertiary/aromatic N) is 1. The van der Waals surface area contributed by atoms with Crippen LogP contribution >= 0.6 is 0 Å². The van der Waals surface area contributed by atoms with Gasteiger partial charge < -0.3 is 19.4 Å². The van der Waals surface area contributed by atoms with Crippen molar-refractivity contribution in [3.63, 3.8) is 0 Å². The van der Waals surface area contributed by atoms with Gasteiger partial charge in [-0.3, -0.25) is 4.79 Å². The van der Waals surface area contributed by atoms with Crippen molar-refractivity contribution in [2.24, 2.45) is 0 Å². The van der Waals surface area contributed by atoms with Gasteiger partial charge in [0.25, 0.3) is 5.91 Å². The minimum atomic E-state index is -1.24. The SMILES string of the molecule is COc1ccc2[nH]c3c(c2c1)CCN(C(=O)c1c(F)cc(F)cc1F)[C@H]3c1ccccc1OC. The van der Waals surface area contributed by atoms with E-state index in [0.29, 0.717) is 35.6 Å². The molecule has 0 aliphatic carbocycles. The predicted molar refractivity (Wildman–Crippen MR) is 121 cm³/mol. The number of halogens is 3. The number of fused-ring (bicyclic) bond motifs is 3.